The normalized spacial score (nSPS) is 20.5. The van der Waals surface area contributed by atoms with Gasteiger partial charge in [-0.05, 0) is 44.2 Å². The maximum Gasteiger partial charge on any atom is 0.0710 e. The van der Waals surface area contributed by atoms with Crippen molar-refractivity contribution in [2.75, 3.05) is 20.2 Å². The molecule has 1 N–H and O–H groups in total. The van der Waals surface area contributed by atoms with Gasteiger partial charge in [0.05, 0.1) is 11.7 Å². The Morgan fingerprint density at radius 2 is 1.90 bits per heavy atom. The minimum absolute atomic E-state index is 0.404. The quantitative estimate of drug-likeness (QED) is 0.867. The van der Waals surface area contributed by atoms with E-state index in [4.69, 9.17) is 4.74 Å². The highest BCUT2D eigenvalue weighted by molar-refractivity contribution is 5.23. The summed E-state index contributed by atoms with van der Waals surface area (Å²) in [4.78, 5) is 2.44. The molecular weight excluding hydrogens is 250 g/mol. The van der Waals surface area contributed by atoms with Crippen molar-refractivity contribution in [3.05, 3.63) is 35.4 Å². The molecule has 0 bridgehead atoms. The number of likely N-dealkylation sites (tertiary alicyclic amines) is 1. The van der Waals surface area contributed by atoms with Crippen LogP contribution in [0.3, 0.4) is 0 Å². The second kappa shape index (κ2) is 6.70. The Hall–Kier alpha value is -0.900. The fraction of sp³-hybridized carbons (Fsp3) is 0.647. The Morgan fingerprint density at radius 3 is 2.45 bits per heavy atom. The number of nitrogens with zero attached hydrogens (tertiary/aromatic N) is 1. The first-order valence-corrected chi connectivity index (χ1v) is 7.51. The summed E-state index contributed by atoms with van der Waals surface area (Å²) in [5.41, 5.74) is 2.07. The second-order valence-corrected chi connectivity index (χ2v) is 6.51. The molecule has 0 aromatic heterocycles. The Labute approximate surface area is 122 Å². The fourth-order valence-electron chi connectivity index (χ4n) is 2.65. The first-order valence-electron chi connectivity index (χ1n) is 7.51. The first kappa shape index (κ1) is 15.5. The SMILES string of the molecule is COC1CCN(Cc2ccc(CCC(C)(C)O)cc2)C1. The minimum atomic E-state index is -0.580. The van der Waals surface area contributed by atoms with Gasteiger partial charge in [0.15, 0.2) is 0 Å². The van der Waals surface area contributed by atoms with Crippen molar-refractivity contribution in [3.8, 4) is 0 Å². The Kier molecular flexibility index (Phi) is 5.19. The zero-order chi connectivity index (χ0) is 14.6. The van der Waals surface area contributed by atoms with Crippen molar-refractivity contribution in [2.24, 2.45) is 0 Å². The number of benzene rings is 1. The van der Waals surface area contributed by atoms with Crippen molar-refractivity contribution in [1.82, 2.24) is 4.90 Å². The van der Waals surface area contributed by atoms with E-state index in [1.807, 2.05) is 13.8 Å². The van der Waals surface area contributed by atoms with E-state index in [9.17, 15) is 5.11 Å². The van der Waals surface area contributed by atoms with E-state index in [1.165, 1.54) is 11.1 Å². The number of aliphatic hydroxyl groups is 1. The summed E-state index contributed by atoms with van der Waals surface area (Å²) in [6.07, 6.45) is 3.27. The zero-order valence-electron chi connectivity index (χ0n) is 12.9. The highest BCUT2D eigenvalue weighted by Gasteiger charge is 2.21. The molecule has 3 heteroatoms. The third-order valence-corrected chi connectivity index (χ3v) is 4.02. The maximum absolute atomic E-state index is 9.75. The lowest BCUT2D eigenvalue weighted by Crippen LogP contribution is -2.22. The van der Waals surface area contributed by atoms with Gasteiger partial charge in [0.25, 0.3) is 0 Å². The van der Waals surface area contributed by atoms with Crippen LogP contribution in [0.2, 0.25) is 0 Å². The van der Waals surface area contributed by atoms with Crippen LogP contribution < -0.4 is 0 Å². The zero-order valence-corrected chi connectivity index (χ0v) is 12.9. The van der Waals surface area contributed by atoms with Gasteiger partial charge in [0.1, 0.15) is 0 Å². The van der Waals surface area contributed by atoms with Gasteiger partial charge in [-0.3, -0.25) is 4.90 Å². The van der Waals surface area contributed by atoms with Gasteiger partial charge in [-0.15, -0.1) is 0 Å². The summed E-state index contributed by atoms with van der Waals surface area (Å²) in [7, 11) is 1.80. The number of hydrogen-bond donors (Lipinski definition) is 1. The van der Waals surface area contributed by atoms with E-state index in [1.54, 1.807) is 7.11 Å². The summed E-state index contributed by atoms with van der Waals surface area (Å²) in [5, 5.41) is 9.75. The summed E-state index contributed by atoms with van der Waals surface area (Å²) < 4.78 is 5.40. The molecule has 20 heavy (non-hydrogen) atoms. The maximum atomic E-state index is 9.75. The van der Waals surface area contributed by atoms with Crippen LogP contribution in [0.5, 0.6) is 0 Å². The molecule has 0 radical (unpaired) electrons. The molecule has 1 fully saturated rings. The van der Waals surface area contributed by atoms with E-state index < -0.39 is 5.60 Å². The van der Waals surface area contributed by atoms with E-state index in [-0.39, 0.29) is 0 Å². The monoisotopic (exact) mass is 277 g/mol. The predicted octanol–water partition coefficient (Wildman–Crippen LogP) is 2.61. The van der Waals surface area contributed by atoms with Crippen LogP contribution in [-0.4, -0.2) is 41.9 Å². The molecule has 1 saturated heterocycles. The average molecular weight is 277 g/mol. The van der Waals surface area contributed by atoms with Crippen LogP contribution in [0.15, 0.2) is 24.3 Å². The molecule has 1 aromatic carbocycles. The van der Waals surface area contributed by atoms with Crippen LogP contribution >= 0.6 is 0 Å². The molecule has 0 aliphatic carbocycles. The lowest BCUT2D eigenvalue weighted by atomic mass is 9.98. The molecular formula is C17H27NO2. The molecule has 1 heterocycles. The van der Waals surface area contributed by atoms with Gasteiger partial charge in [-0.2, -0.15) is 0 Å². The Bertz CT molecular complexity index is 408. The third kappa shape index (κ3) is 4.89. The lowest BCUT2D eigenvalue weighted by Gasteiger charge is -2.17. The number of rotatable bonds is 6. The molecule has 112 valence electrons. The van der Waals surface area contributed by atoms with Gasteiger partial charge in [-0.1, -0.05) is 24.3 Å². The fourth-order valence-corrected chi connectivity index (χ4v) is 2.65. The Morgan fingerprint density at radius 1 is 1.25 bits per heavy atom. The standard InChI is InChI=1S/C17H27NO2/c1-17(2,19)10-8-14-4-6-15(7-5-14)12-18-11-9-16(13-18)20-3/h4-7,16,19H,8-13H2,1-3H3. The average Bonchev–Trinajstić information content (AvgIpc) is 2.85. The van der Waals surface area contributed by atoms with Crippen LogP contribution in [0.4, 0.5) is 0 Å². The number of ether oxygens (including phenoxy) is 1. The molecule has 1 aliphatic heterocycles. The summed E-state index contributed by atoms with van der Waals surface area (Å²) >= 11 is 0. The number of hydrogen-bond acceptors (Lipinski definition) is 3. The minimum Gasteiger partial charge on any atom is -0.390 e. The van der Waals surface area contributed by atoms with Gasteiger partial charge in [0, 0.05) is 26.7 Å². The number of methoxy groups -OCH3 is 1. The van der Waals surface area contributed by atoms with Crippen molar-refractivity contribution in [1.29, 1.82) is 0 Å². The first-order chi connectivity index (χ1) is 9.46. The van der Waals surface area contributed by atoms with Crippen molar-refractivity contribution < 1.29 is 9.84 Å². The largest absolute Gasteiger partial charge is 0.390 e. The summed E-state index contributed by atoms with van der Waals surface area (Å²) in [6.45, 7) is 6.89. The lowest BCUT2D eigenvalue weighted by molar-refractivity contribution is 0.0714. The van der Waals surface area contributed by atoms with Crippen molar-refractivity contribution in [3.63, 3.8) is 0 Å². The third-order valence-electron chi connectivity index (χ3n) is 4.02. The smallest absolute Gasteiger partial charge is 0.0710 e. The molecule has 0 spiro atoms. The van der Waals surface area contributed by atoms with Crippen molar-refractivity contribution >= 4 is 0 Å². The van der Waals surface area contributed by atoms with Gasteiger partial charge in [0.2, 0.25) is 0 Å². The van der Waals surface area contributed by atoms with Crippen molar-refractivity contribution in [2.45, 2.75) is 51.4 Å². The van der Waals surface area contributed by atoms with Crippen LogP contribution in [0.1, 0.15) is 37.8 Å². The molecule has 0 saturated carbocycles. The number of aryl methyl sites for hydroxylation is 1. The molecule has 1 aromatic rings. The molecule has 2 rings (SSSR count). The molecule has 1 atom stereocenters. The highest BCUT2D eigenvalue weighted by atomic mass is 16.5. The summed E-state index contributed by atoms with van der Waals surface area (Å²) in [5.74, 6) is 0. The predicted molar refractivity (Wildman–Crippen MR) is 81.8 cm³/mol. The molecule has 3 nitrogen and oxygen atoms in total. The molecule has 0 amide bonds. The Balaban J connectivity index is 1.83. The van der Waals surface area contributed by atoms with Gasteiger partial charge in [-0.25, -0.2) is 0 Å². The van der Waals surface area contributed by atoms with E-state index >= 15 is 0 Å². The summed E-state index contributed by atoms with van der Waals surface area (Å²) in [6, 6.07) is 8.79. The van der Waals surface area contributed by atoms with Crippen LogP contribution in [0.25, 0.3) is 0 Å². The van der Waals surface area contributed by atoms with Gasteiger partial charge >= 0.3 is 0 Å². The molecule has 1 unspecified atom stereocenters. The topological polar surface area (TPSA) is 32.7 Å². The molecule has 1 aliphatic rings. The second-order valence-electron chi connectivity index (χ2n) is 6.51. The van der Waals surface area contributed by atoms with E-state index in [2.05, 4.69) is 29.2 Å². The van der Waals surface area contributed by atoms with Gasteiger partial charge < -0.3 is 9.84 Å². The highest BCUT2D eigenvalue weighted by Crippen LogP contribution is 2.17. The van der Waals surface area contributed by atoms with E-state index in [0.29, 0.717) is 6.10 Å². The van der Waals surface area contributed by atoms with Crippen LogP contribution in [0, 0.1) is 0 Å². The van der Waals surface area contributed by atoms with Crippen LogP contribution in [-0.2, 0) is 17.7 Å². The van der Waals surface area contributed by atoms with E-state index in [0.717, 1.165) is 38.9 Å².